The summed E-state index contributed by atoms with van der Waals surface area (Å²) in [6, 6.07) is 0. The number of hydrogen-bond donors (Lipinski definition) is 0. The van der Waals surface area contributed by atoms with Crippen LogP contribution >= 0.6 is 8.60 Å². The van der Waals surface area contributed by atoms with Gasteiger partial charge in [-0.25, -0.2) is 0 Å². The van der Waals surface area contributed by atoms with Crippen molar-refractivity contribution in [1.29, 1.82) is 0 Å². The average molecular weight is 215 g/mol. The Kier molecular flexibility index (Phi) is 383. The molecular weight excluding hydrogens is 205 g/mol. The molecule has 0 aromatic carbocycles. The quantitative estimate of drug-likeness (QED) is 0.283. The van der Waals surface area contributed by atoms with Crippen molar-refractivity contribution in [2.45, 2.75) is 0 Å². The van der Waals surface area contributed by atoms with Gasteiger partial charge in [0.05, 0.1) is 0 Å². The molecule has 0 aromatic heterocycles. The third-order valence-electron chi connectivity index (χ3n) is 0. The monoisotopic (exact) mass is 215 g/mol. The molecule has 0 saturated carbocycles. The molecule has 0 spiro atoms. The molecule has 0 fully saturated rings. The van der Waals surface area contributed by atoms with Crippen LogP contribution in [0.15, 0.2) is 0 Å². The second-order valence-electron chi connectivity index (χ2n) is 0.224. The maximum absolute atomic E-state index is 8.48. The minimum atomic E-state index is -3.37. The normalized spacial score (nSPS) is 3.27. The van der Waals surface area contributed by atoms with Crippen LogP contribution in [0.4, 0.5) is 0 Å². The van der Waals surface area contributed by atoms with Crippen molar-refractivity contribution in [3.63, 3.8) is 0 Å². The first-order chi connectivity index (χ1) is 1.73. The zero-order chi connectivity index (χ0) is 3.58. The van der Waals surface area contributed by atoms with Gasteiger partial charge in [0, 0.05) is 0 Å². The summed E-state index contributed by atoms with van der Waals surface area (Å²) < 4.78 is 0. The van der Waals surface area contributed by atoms with Crippen LogP contribution in [-0.2, 0) is 0 Å². The Hall–Kier alpha value is 2.11. The van der Waals surface area contributed by atoms with Crippen molar-refractivity contribution in [2.24, 2.45) is 0 Å². The third kappa shape index (κ3) is 278. The van der Waals surface area contributed by atoms with Gasteiger partial charge in [-0.1, -0.05) is 0 Å². The fourth-order valence-corrected chi connectivity index (χ4v) is 0. The summed E-state index contributed by atoms with van der Waals surface area (Å²) in [5.74, 6) is 0. The van der Waals surface area contributed by atoms with E-state index in [1.54, 1.807) is 0 Å². The maximum Gasteiger partial charge on any atom is 1.00 e. The first-order valence-electron chi connectivity index (χ1n) is 0.548. The van der Waals surface area contributed by atoms with Crippen LogP contribution in [0.3, 0.4) is 0 Å². The minimum absolute atomic E-state index is 0. The molecule has 0 heterocycles. The van der Waals surface area contributed by atoms with E-state index in [4.69, 9.17) is 14.7 Å². The molecule has 0 aliphatic rings. The minimum Gasteiger partial charge on any atom is -0.854 e. The predicted molar refractivity (Wildman–Crippen MR) is 25.0 cm³/mol. The average Bonchev–Trinajstić information content (AvgIpc) is 0.811. The van der Waals surface area contributed by atoms with Gasteiger partial charge < -0.3 is 50.7 Å². The zero-order valence-corrected chi connectivity index (χ0v) is 11.1. The van der Waals surface area contributed by atoms with Gasteiger partial charge in [0.1, 0.15) is 0 Å². The van der Waals surface area contributed by atoms with Gasteiger partial charge in [0.15, 0.2) is 0 Å². The molecule has 0 aliphatic heterocycles. The molecule has 8 nitrogen and oxygen atoms in total. The van der Waals surface area contributed by atoms with E-state index in [0.29, 0.717) is 0 Å². The summed E-state index contributed by atoms with van der Waals surface area (Å²) in [6.07, 6.45) is 0. The topological polar surface area (TPSA) is 227 Å². The zero-order valence-electron chi connectivity index (χ0n) is 6.17. The number of rotatable bonds is 0. The summed E-state index contributed by atoms with van der Waals surface area (Å²) in [5.41, 5.74) is 0. The molecular formula is H10Na2O8P-. The molecule has 0 aliphatic carbocycles. The molecule has 66 valence electrons. The Bertz CT molecular complexity index is 16.8. The first kappa shape index (κ1) is 73.6. The summed E-state index contributed by atoms with van der Waals surface area (Å²) >= 11 is 0. The molecule has 0 bridgehead atoms. The third-order valence-corrected chi connectivity index (χ3v) is 0. The van der Waals surface area contributed by atoms with Gasteiger partial charge in [0.2, 0.25) is 0 Å². The predicted octanol–water partition coefficient (Wildman–Crippen LogP) is -12.8. The largest absolute Gasteiger partial charge is 1.00 e. The van der Waals surface area contributed by atoms with Gasteiger partial charge in [-0.15, -0.1) is 0 Å². The molecule has 11 heavy (non-hydrogen) atoms. The molecule has 0 saturated heterocycles. The molecule has 10 N–H and O–H groups in total. The van der Waals surface area contributed by atoms with E-state index in [0.717, 1.165) is 0 Å². The Morgan fingerprint density at radius 2 is 0.545 bits per heavy atom. The smallest absolute Gasteiger partial charge is 0.854 e. The van der Waals surface area contributed by atoms with Crippen molar-refractivity contribution in [3.8, 4) is 0 Å². The van der Waals surface area contributed by atoms with Crippen LogP contribution in [0.1, 0.15) is 0 Å². The standard InChI is InChI=1S/2Na.O3P.5H2O/c;;1-4(2)3;;;;;/h;;;5*1H2/q2*+1;-3;;;;;. The van der Waals surface area contributed by atoms with E-state index in [1.807, 2.05) is 0 Å². The van der Waals surface area contributed by atoms with E-state index in [9.17, 15) is 0 Å². The second-order valence-corrected chi connectivity index (χ2v) is 0.671. The fourth-order valence-electron chi connectivity index (χ4n) is 0. The van der Waals surface area contributed by atoms with E-state index < -0.39 is 8.60 Å². The Morgan fingerprint density at radius 1 is 0.545 bits per heavy atom. The van der Waals surface area contributed by atoms with E-state index in [1.165, 1.54) is 0 Å². The van der Waals surface area contributed by atoms with Crippen molar-refractivity contribution in [3.05, 3.63) is 0 Å². The summed E-state index contributed by atoms with van der Waals surface area (Å²) in [5, 5.41) is 0. The maximum atomic E-state index is 8.48. The van der Waals surface area contributed by atoms with Gasteiger partial charge in [0.25, 0.3) is 0 Å². The number of hydrogen-bond acceptors (Lipinski definition) is 3. The molecule has 0 rings (SSSR count). The Labute approximate surface area is 109 Å². The summed E-state index contributed by atoms with van der Waals surface area (Å²) in [4.78, 5) is 25.4. The Balaban J connectivity index is -0.00000000214. The van der Waals surface area contributed by atoms with Gasteiger partial charge in [-0.05, 0) is 0 Å². The van der Waals surface area contributed by atoms with Crippen molar-refractivity contribution in [2.75, 3.05) is 0 Å². The molecule has 11 heteroatoms. The van der Waals surface area contributed by atoms with Crippen LogP contribution < -0.4 is 73.8 Å². The molecule has 0 aromatic rings. The van der Waals surface area contributed by atoms with Gasteiger partial charge >= 0.3 is 59.1 Å². The van der Waals surface area contributed by atoms with E-state index in [2.05, 4.69) is 0 Å². The van der Waals surface area contributed by atoms with Crippen molar-refractivity contribution >= 4 is 8.60 Å². The molecule has 0 atom stereocenters. The van der Waals surface area contributed by atoms with Crippen LogP contribution in [0.2, 0.25) is 0 Å². The van der Waals surface area contributed by atoms with Crippen LogP contribution in [0, 0.1) is 0 Å². The van der Waals surface area contributed by atoms with Crippen molar-refractivity contribution in [1.82, 2.24) is 0 Å². The van der Waals surface area contributed by atoms with E-state index >= 15 is 0 Å². The van der Waals surface area contributed by atoms with Gasteiger partial charge in [-0.3, -0.25) is 0 Å². The SMILES string of the molecule is O.O.O.O.O.[Na+].[Na+].[O-]P([O-])[O-]. The molecule has 0 unspecified atom stereocenters. The van der Waals surface area contributed by atoms with Crippen LogP contribution in [0.25, 0.3) is 0 Å². The molecule has 0 amide bonds. The molecule has 0 radical (unpaired) electrons. The van der Waals surface area contributed by atoms with Crippen molar-refractivity contribution < 1.29 is 101 Å². The van der Waals surface area contributed by atoms with Crippen LogP contribution in [0.5, 0.6) is 0 Å². The van der Waals surface area contributed by atoms with E-state index in [-0.39, 0.29) is 86.5 Å². The fraction of sp³-hybridized carbons (Fsp3) is 0. The second kappa shape index (κ2) is 57.2. The van der Waals surface area contributed by atoms with Crippen LogP contribution in [-0.4, -0.2) is 27.4 Å². The first-order valence-corrected chi connectivity index (χ1v) is 1.64. The summed E-state index contributed by atoms with van der Waals surface area (Å²) in [7, 11) is -3.37. The Morgan fingerprint density at radius 3 is 0.545 bits per heavy atom. The summed E-state index contributed by atoms with van der Waals surface area (Å²) in [6.45, 7) is 0. The van der Waals surface area contributed by atoms with Gasteiger partial charge in [-0.2, -0.15) is 0 Å².